The molecule has 2 nitrogen and oxygen atoms in total. The first-order valence-electron chi connectivity index (χ1n) is 7.68. The lowest BCUT2D eigenvalue weighted by molar-refractivity contribution is 0.523. The highest BCUT2D eigenvalue weighted by atomic mass is 15.0. The number of fused-ring (bicyclic) bond motifs is 1. The highest BCUT2D eigenvalue weighted by molar-refractivity contribution is 5.77. The summed E-state index contributed by atoms with van der Waals surface area (Å²) >= 11 is 0. The first kappa shape index (κ1) is 14.1. The van der Waals surface area contributed by atoms with Gasteiger partial charge in [0.05, 0.1) is 0 Å². The topological polar surface area (TPSA) is 17.8 Å². The Hall–Kier alpha value is -1.31. The molecule has 1 atom stereocenters. The standard InChI is InChI=1S/C17H26N2/c1-4-6-7-8-10-14(5-2)16-13-15-11-9-12-18-17(15)19(16)3/h9,11-14H,4-8,10H2,1-3H3. The molecule has 0 spiro atoms. The summed E-state index contributed by atoms with van der Waals surface area (Å²) in [7, 11) is 2.15. The van der Waals surface area contributed by atoms with Gasteiger partial charge in [-0.2, -0.15) is 0 Å². The Morgan fingerprint density at radius 1 is 1.21 bits per heavy atom. The molecule has 0 saturated carbocycles. The molecule has 0 fully saturated rings. The lowest BCUT2D eigenvalue weighted by atomic mass is 9.95. The molecule has 19 heavy (non-hydrogen) atoms. The lowest BCUT2D eigenvalue weighted by Crippen LogP contribution is -2.04. The van der Waals surface area contributed by atoms with Crippen molar-refractivity contribution in [2.75, 3.05) is 0 Å². The molecule has 104 valence electrons. The van der Waals surface area contributed by atoms with Crippen molar-refractivity contribution >= 4 is 11.0 Å². The zero-order valence-electron chi connectivity index (χ0n) is 12.5. The third-order valence-corrected chi connectivity index (χ3v) is 4.14. The summed E-state index contributed by atoms with van der Waals surface area (Å²) in [6.07, 6.45) is 9.81. The minimum absolute atomic E-state index is 0.677. The Balaban J connectivity index is 2.13. The van der Waals surface area contributed by atoms with Crippen LogP contribution in [0, 0.1) is 0 Å². The number of pyridine rings is 1. The molecule has 0 radical (unpaired) electrons. The molecule has 1 unspecified atom stereocenters. The Bertz CT molecular complexity index is 513. The van der Waals surface area contributed by atoms with Crippen molar-refractivity contribution < 1.29 is 0 Å². The summed E-state index contributed by atoms with van der Waals surface area (Å²) < 4.78 is 2.28. The number of aryl methyl sites for hydroxylation is 1. The van der Waals surface area contributed by atoms with E-state index in [4.69, 9.17) is 0 Å². The number of aromatic nitrogens is 2. The van der Waals surface area contributed by atoms with Crippen molar-refractivity contribution in [3.8, 4) is 0 Å². The second kappa shape index (κ2) is 6.74. The van der Waals surface area contributed by atoms with Gasteiger partial charge >= 0.3 is 0 Å². The molecular formula is C17H26N2. The zero-order valence-corrected chi connectivity index (χ0v) is 12.5. The second-order valence-corrected chi connectivity index (χ2v) is 5.50. The number of rotatable bonds is 7. The molecular weight excluding hydrogens is 232 g/mol. The molecule has 0 N–H and O–H groups in total. The van der Waals surface area contributed by atoms with Gasteiger partial charge in [0.15, 0.2) is 0 Å². The average Bonchev–Trinajstić information content (AvgIpc) is 2.77. The van der Waals surface area contributed by atoms with E-state index in [9.17, 15) is 0 Å². The van der Waals surface area contributed by atoms with E-state index in [-0.39, 0.29) is 0 Å². The summed E-state index contributed by atoms with van der Waals surface area (Å²) in [5.41, 5.74) is 2.57. The Morgan fingerprint density at radius 2 is 2.05 bits per heavy atom. The van der Waals surface area contributed by atoms with Crippen LogP contribution in [0.5, 0.6) is 0 Å². The van der Waals surface area contributed by atoms with Crippen LogP contribution in [0.25, 0.3) is 11.0 Å². The van der Waals surface area contributed by atoms with Gasteiger partial charge in [0.1, 0.15) is 5.65 Å². The van der Waals surface area contributed by atoms with Gasteiger partial charge in [0.25, 0.3) is 0 Å². The van der Waals surface area contributed by atoms with Crippen LogP contribution in [0.2, 0.25) is 0 Å². The molecule has 0 aliphatic rings. The fourth-order valence-electron chi connectivity index (χ4n) is 2.95. The first-order chi connectivity index (χ1) is 9.27. The highest BCUT2D eigenvalue weighted by Crippen LogP contribution is 2.29. The molecule has 0 aliphatic heterocycles. The predicted molar refractivity (Wildman–Crippen MR) is 82.5 cm³/mol. The Morgan fingerprint density at radius 3 is 2.74 bits per heavy atom. The van der Waals surface area contributed by atoms with Gasteiger partial charge < -0.3 is 4.57 Å². The molecule has 0 amide bonds. The van der Waals surface area contributed by atoms with E-state index in [1.54, 1.807) is 0 Å². The summed E-state index contributed by atoms with van der Waals surface area (Å²) in [4.78, 5) is 4.49. The smallest absolute Gasteiger partial charge is 0.139 e. The van der Waals surface area contributed by atoms with Crippen LogP contribution in [0.1, 0.15) is 64.0 Å². The summed E-state index contributed by atoms with van der Waals surface area (Å²) in [5, 5.41) is 1.27. The van der Waals surface area contributed by atoms with Gasteiger partial charge in [-0.15, -0.1) is 0 Å². The summed E-state index contributed by atoms with van der Waals surface area (Å²) in [5.74, 6) is 0.677. The molecule has 2 heteroatoms. The Kier molecular flexibility index (Phi) is 5.00. The van der Waals surface area contributed by atoms with Crippen LogP contribution in [0.3, 0.4) is 0 Å². The second-order valence-electron chi connectivity index (χ2n) is 5.50. The quantitative estimate of drug-likeness (QED) is 0.636. The van der Waals surface area contributed by atoms with Crippen molar-refractivity contribution in [1.82, 2.24) is 9.55 Å². The van der Waals surface area contributed by atoms with E-state index < -0.39 is 0 Å². The van der Waals surface area contributed by atoms with Crippen LogP contribution in [-0.4, -0.2) is 9.55 Å². The zero-order chi connectivity index (χ0) is 13.7. The van der Waals surface area contributed by atoms with E-state index in [0.29, 0.717) is 5.92 Å². The van der Waals surface area contributed by atoms with E-state index in [2.05, 4.69) is 42.6 Å². The van der Waals surface area contributed by atoms with Crippen molar-refractivity contribution in [2.24, 2.45) is 7.05 Å². The number of nitrogens with zero attached hydrogens (tertiary/aromatic N) is 2. The SMILES string of the molecule is CCCCCCC(CC)c1cc2cccnc2n1C. The van der Waals surface area contributed by atoms with Crippen LogP contribution in [-0.2, 0) is 7.05 Å². The third-order valence-electron chi connectivity index (χ3n) is 4.14. The lowest BCUT2D eigenvalue weighted by Gasteiger charge is -2.16. The number of hydrogen-bond donors (Lipinski definition) is 0. The highest BCUT2D eigenvalue weighted by Gasteiger charge is 2.15. The molecule has 0 aromatic carbocycles. The minimum Gasteiger partial charge on any atom is -0.332 e. The van der Waals surface area contributed by atoms with Crippen LogP contribution in [0.4, 0.5) is 0 Å². The maximum atomic E-state index is 4.49. The maximum absolute atomic E-state index is 4.49. The third kappa shape index (κ3) is 3.17. The monoisotopic (exact) mass is 258 g/mol. The molecule has 0 aliphatic carbocycles. The summed E-state index contributed by atoms with van der Waals surface area (Å²) in [6.45, 7) is 4.57. The van der Waals surface area contributed by atoms with Crippen molar-refractivity contribution in [2.45, 2.75) is 58.3 Å². The Labute approximate surface area is 116 Å². The van der Waals surface area contributed by atoms with E-state index >= 15 is 0 Å². The average molecular weight is 258 g/mol. The van der Waals surface area contributed by atoms with Gasteiger partial charge in [0.2, 0.25) is 0 Å². The molecule has 2 rings (SSSR count). The van der Waals surface area contributed by atoms with Crippen LogP contribution in [0.15, 0.2) is 24.4 Å². The molecule has 2 aromatic rings. The fourth-order valence-corrected chi connectivity index (χ4v) is 2.95. The van der Waals surface area contributed by atoms with E-state index in [1.165, 1.54) is 49.6 Å². The normalized spacial score (nSPS) is 13.0. The minimum atomic E-state index is 0.677. The predicted octanol–water partition coefficient (Wildman–Crippen LogP) is 5.04. The van der Waals surface area contributed by atoms with E-state index in [0.717, 1.165) is 5.65 Å². The maximum Gasteiger partial charge on any atom is 0.139 e. The largest absolute Gasteiger partial charge is 0.332 e. The van der Waals surface area contributed by atoms with E-state index in [1.807, 2.05) is 12.3 Å². The van der Waals surface area contributed by atoms with Crippen molar-refractivity contribution in [1.29, 1.82) is 0 Å². The number of unbranched alkanes of at least 4 members (excludes halogenated alkanes) is 3. The molecule has 2 heterocycles. The van der Waals surface area contributed by atoms with Gasteiger partial charge in [-0.25, -0.2) is 4.98 Å². The van der Waals surface area contributed by atoms with Gasteiger partial charge in [-0.3, -0.25) is 0 Å². The number of hydrogen-bond acceptors (Lipinski definition) is 1. The van der Waals surface area contributed by atoms with Crippen molar-refractivity contribution in [3.63, 3.8) is 0 Å². The summed E-state index contributed by atoms with van der Waals surface area (Å²) in [6, 6.07) is 6.51. The fraction of sp³-hybridized carbons (Fsp3) is 0.588. The molecule has 0 saturated heterocycles. The van der Waals surface area contributed by atoms with Gasteiger partial charge in [-0.05, 0) is 37.0 Å². The van der Waals surface area contributed by atoms with Crippen LogP contribution < -0.4 is 0 Å². The van der Waals surface area contributed by atoms with Gasteiger partial charge in [0, 0.05) is 24.3 Å². The molecule has 0 bridgehead atoms. The van der Waals surface area contributed by atoms with Gasteiger partial charge in [-0.1, -0.05) is 39.5 Å². The van der Waals surface area contributed by atoms with Crippen molar-refractivity contribution in [3.05, 3.63) is 30.1 Å². The van der Waals surface area contributed by atoms with Crippen LogP contribution >= 0.6 is 0 Å². The molecule has 2 aromatic heterocycles. The first-order valence-corrected chi connectivity index (χ1v) is 7.68.